The van der Waals surface area contributed by atoms with Gasteiger partial charge < -0.3 is 61.2 Å². The summed E-state index contributed by atoms with van der Waals surface area (Å²) in [7, 11) is -30.0. The highest BCUT2D eigenvalue weighted by Gasteiger charge is 2.49. The van der Waals surface area contributed by atoms with Gasteiger partial charge in [-0.15, -0.1) is 0 Å². The summed E-state index contributed by atoms with van der Waals surface area (Å²) in [6, 6.07) is 7.87. The number of hydrogen-bond donors (Lipinski definition) is 2. The summed E-state index contributed by atoms with van der Waals surface area (Å²) >= 11 is 0. The van der Waals surface area contributed by atoms with E-state index in [0.29, 0.717) is 69.4 Å². The SMILES string of the molecule is COCCOCCOCCOCCOCCOCCC1(C)/C(=C\C=C\C2=[N+](CCCS(=O)(=O)O)c3ccc4c(S(=O)(=O)[O-])cc(S(=O)(=O)[O-])cc4c3C2(C)CCCS(=O)(=O)[O-])N(CCCCCC(=O)O)c2ccc3c(S(=O)(=O)[O-])cc(S(=O)(=O)[O-])cc3c21. The van der Waals surface area contributed by atoms with Gasteiger partial charge in [0.2, 0.25) is 5.69 Å². The summed E-state index contributed by atoms with van der Waals surface area (Å²) < 4.78 is 258. The quantitative estimate of drug-likeness (QED) is 0.0368. The number of unbranched alkanes of at least 4 members (excludes halogenated alkanes) is 2. The first-order chi connectivity index (χ1) is 41.0. The van der Waals surface area contributed by atoms with Crippen molar-refractivity contribution in [2.45, 2.75) is 95.6 Å². The number of carboxylic acid groups (broad SMARTS) is 1. The lowest BCUT2D eigenvalue weighted by Crippen LogP contribution is -2.33. The van der Waals surface area contributed by atoms with Gasteiger partial charge in [0.15, 0.2) is 5.71 Å². The minimum atomic E-state index is -5.55. The number of fused-ring (bicyclic) bond motifs is 6. The molecule has 2 aliphatic rings. The van der Waals surface area contributed by atoms with Crippen LogP contribution in [0.4, 0.5) is 11.4 Å². The van der Waals surface area contributed by atoms with Gasteiger partial charge in [0.1, 0.15) is 47.0 Å². The van der Waals surface area contributed by atoms with Crippen LogP contribution in [0.25, 0.3) is 21.5 Å². The first-order valence-corrected chi connectivity index (χ1v) is 36.2. The molecule has 0 fully saturated rings. The fourth-order valence-corrected chi connectivity index (χ4v) is 14.7. The monoisotopic (exact) mass is 1350 g/mol. The molecule has 4 aromatic rings. The van der Waals surface area contributed by atoms with E-state index in [0.717, 1.165) is 18.2 Å². The van der Waals surface area contributed by atoms with E-state index in [1.807, 2.05) is 0 Å². The first kappa shape index (κ1) is 72.1. The number of carbonyl (C=O) groups is 1. The average Bonchev–Trinajstić information content (AvgIpc) is 1.81. The van der Waals surface area contributed by atoms with Crippen molar-refractivity contribution in [1.29, 1.82) is 0 Å². The third-order valence-corrected chi connectivity index (χ3v) is 19.9. The summed E-state index contributed by atoms with van der Waals surface area (Å²) in [6.07, 6.45) is 4.15. The van der Waals surface area contributed by atoms with Crippen LogP contribution in [0, 0.1) is 0 Å². The zero-order valence-corrected chi connectivity index (χ0v) is 53.0. The van der Waals surface area contributed by atoms with Crippen molar-refractivity contribution in [2.75, 3.05) is 109 Å². The Morgan fingerprint density at radius 1 is 0.568 bits per heavy atom. The van der Waals surface area contributed by atoms with E-state index in [-0.39, 0.29) is 129 Å². The van der Waals surface area contributed by atoms with E-state index < -0.39 is 115 Å². The molecule has 28 nitrogen and oxygen atoms in total. The van der Waals surface area contributed by atoms with Crippen molar-refractivity contribution < 1.29 is 121 Å². The van der Waals surface area contributed by atoms with Gasteiger partial charge in [0.25, 0.3) is 10.1 Å². The summed E-state index contributed by atoms with van der Waals surface area (Å²) in [5, 5.41) is 8.40. The molecule has 0 radical (unpaired) electrons. The third-order valence-electron chi connectivity index (χ3n) is 14.9. The Morgan fingerprint density at radius 3 is 1.55 bits per heavy atom. The van der Waals surface area contributed by atoms with Crippen LogP contribution in [0.2, 0.25) is 0 Å². The number of anilines is 1. The van der Waals surface area contributed by atoms with Crippen LogP contribution in [-0.4, -0.2) is 204 Å². The van der Waals surface area contributed by atoms with Crippen LogP contribution in [0.3, 0.4) is 0 Å². The van der Waals surface area contributed by atoms with Gasteiger partial charge in [-0.1, -0.05) is 18.6 Å². The second-order valence-corrected chi connectivity index (χ2v) is 29.6. The number of carboxylic acids is 1. The Hall–Kier alpha value is -4.96. The van der Waals surface area contributed by atoms with Gasteiger partial charge in [-0.05, 0) is 110 Å². The molecule has 34 heteroatoms. The number of nitrogens with zero attached hydrogens (tertiary/aromatic N) is 2. The largest absolute Gasteiger partial charge is 0.748 e. The Balaban J connectivity index is 1.51. The molecular formula is C54H68N2O26S6-4. The lowest BCUT2D eigenvalue weighted by Gasteiger charge is -2.31. The highest BCUT2D eigenvalue weighted by molar-refractivity contribution is 7.87. The van der Waals surface area contributed by atoms with Crippen molar-refractivity contribution in [3.8, 4) is 0 Å². The zero-order chi connectivity index (χ0) is 65.1. The Labute approximate surface area is 511 Å². The molecule has 88 heavy (non-hydrogen) atoms. The molecule has 0 amide bonds. The third kappa shape index (κ3) is 18.8. The molecule has 0 saturated carbocycles. The smallest absolute Gasteiger partial charge is 0.303 e. The average molecular weight is 1350 g/mol. The van der Waals surface area contributed by atoms with Crippen LogP contribution >= 0.6 is 0 Å². The molecule has 6 rings (SSSR count). The maximum Gasteiger partial charge on any atom is 0.303 e. The molecule has 490 valence electrons. The highest BCUT2D eigenvalue weighted by Crippen LogP contribution is 2.54. The predicted octanol–water partition coefficient (Wildman–Crippen LogP) is 3.55. The van der Waals surface area contributed by atoms with Crippen molar-refractivity contribution in [1.82, 2.24) is 0 Å². The molecule has 2 aliphatic heterocycles. The Bertz CT molecular complexity index is 4020. The maximum atomic E-state index is 12.9. The standard InChI is InChI=1S/C54H72N2O26S6/c1-53(17-8-32-83(59,60)61)48(56(20-9-33-84(62,63)64)44-15-13-40-42(51(44)53)34-38(85(65,66)67)36-46(40)87(71,72)73)10-7-11-49-54(2,18-21-78-24-25-80-28-29-82-31-30-81-27-26-79-23-22-77-3)52-43-35-39(86(68,69)70)37-47(88(74,75)76)41(43)14-16-45(52)55(49)19-6-4-5-12-50(57)58/h7,10-11,13-16,34-37H,4-6,8-9,12,17-33H2,1-3H3,(H6-,57,58,59,60,61,62,63,64,65,66,67,68,69,70,71,72,73,74,75,76)/p-4. The van der Waals surface area contributed by atoms with Crippen LogP contribution in [0.15, 0.2) is 92.0 Å². The highest BCUT2D eigenvalue weighted by atomic mass is 32.2. The molecule has 0 aliphatic carbocycles. The second-order valence-electron chi connectivity index (χ2n) is 21.0. The number of rotatable bonds is 38. The molecule has 2 heterocycles. The number of allylic oxidation sites excluding steroid dienone is 4. The van der Waals surface area contributed by atoms with Gasteiger partial charge in [0.05, 0.1) is 107 Å². The predicted molar refractivity (Wildman–Crippen MR) is 310 cm³/mol. The lowest BCUT2D eigenvalue weighted by atomic mass is 9.74. The molecule has 2 N–H and O–H groups in total. The molecular weight excluding hydrogens is 1280 g/mol. The van der Waals surface area contributed by atoms with Crippen LogP contribution < -0.4 is 4.90 Å². The lowest BCUT2D eigenvalue weighted by molar-refractivity contribution is -0.437. The summed E-state index contributed by atoms with van der Waals surface area (Å²) in [5.41, 5.74) is -1.92. The molecule has 4 aromatic carbocycles. The minimum absolute atomic E-state index is 0.0125. The normalized spacial score (nSPS) is 18.2. The number of hydrogen-bond acceptors (Lipinski definition) is 25. The van der Waals surface area contributed by atoms with E-state index in [2.05, 4.69) is 0 Å². The first-order valence-electron chi connectivity index (χ1n) is 27.4. The summed E-state index contributed by atoms with van der Waals surface area (Å²) in [6.45, 7) is 5.65. The Kier molecular flexibility index (Phi) is 24.6. The molecule has 0 spiro atoms. The summed E-state index contributed by atoms with van der Waals surface area (Å²) in [4.78, 5) is 9.00. The maximum absolute atomic E-state index is 12.9. The fourth-order valence-electron chi connectivity index (χ4n) is 11.0. The van der Waals surface area contributed by atoms with E-state index >= 15 is 0 Å². The van der Waals surface area contributed by atoms with Gasteiger partial charge in [0, 0.05) is 78.7 Å². The van der Waals surface area contributed by atoms with Crippen LogP contribution in [0.1, 0.15) is 76.3 Å². The van der Waals surface area contributed by atoms with E-state index in [1.165, 1.54) is 41.9 Å². The topological polar surface area (TPSA) is 439 Å². The van der Waals surface area contributed by atoms with Crippen molar-refractivity contribution in [3.05, 3.63) is 83.6 Å². The number of benzene rings is 4. The van der Waals surface area contributed by atoms with Gasteiger partial charge in [-0.2, -0.15) is 13.0 Å². The van der Waals surface area contributed by atoms with Gasteiger partial charge in [-0.25, -0.2) is 42.1 Å². The summed E-state index contributed by atoms with van der Waals surface area (Å²) in [5.74, 6) is -2.84. The van der Waals surface area contributed by atoms with Crippen molar-refractivity contribution in [2.24, 2.45) is 0 Å². The molecule has 0 saturated heterocycles. The zero-order valence-electron chi connectivity index (χ0n) is 48.2. The molecule has 0 bridgehead atoms. The number of ether oxygens (including phenoxy) is 6. The van der Waals surface area contributed by atoms with E-state index in [4.69, 9.17) is 28.4 Å². The van der Waals surface area contributed by atoms with Crippen molar-refractivity contribution >= 4 is 105 Å². The van der Waals surface area contributed by atoms with E-state index in [1.54, 1.807) is 25.0 Å². The van der Waals surface area contributed by atoms with Crippen molar-refractivity contribution in [3.63, 3.8) is 0 Å². The number of methoxy groups -OCH3 is 1. The van der Waals surface area contributed by atoms with Crippen LogP contribution in [0.5, 0.6) is 0 Å². The van der Waals surface area contributed by atoms with E-state index in [9.17, 15) is 87.7 Å². The van der Waals surface area contributed by atoms with Gasteiger partial charge >= 0.3 is 5.97 Å². The number of aliphatic carboxylic acids is 1. The fraction of sp³-hybridized carbons (Fsp3) is 0.519. The van der Waals surface area contributed by atoms with Crippen LogP contribution in [-0.2, 0) is 105 Å². The second kappa shape index (κ2) is 30.0. The molecule has 0 aromatic heterocycles. The molecule has 2 atom stereocenters. The van der Waals surface area contributed by atoms with Gasteiger partial charge in [-0.3, -0.25) is 9.35 Å². The minimum Gasteiger partial charge on any atom is -0.748 e. The Morgan fingerprint density at radius 2 is 1.07 bits per heavy atom. The molecule has 2 unspecified atom stereocenters.